The van der Waals surface area contributed by atoms with Gasteiger partial charge in [0.2, 0.25) is 0 Å². The number of rotatable bonds is 2. The first-order valence-corrected chi connectivity index (χ1v) is 3.18. The van der Waals surface area contributed by atoms with Crippen LogP contribution in [0.15, 0.2) is 0 Å². The third-order valence-electron chi connectivity index (χ3n) is 1.71. The van der Waals surface area contributed by atoms with E-state index >= 15 is 0 Å². The number of hydrogen-bond donors (Lipinski definition) is 4. The molecule has 0 aromatic heterocycles. The number of imide groups is 1. The summed E-state index contributed by atoms with van der Waals surface area (Å²) < 4.78 is 0. The molecule has 6 heteroatoms. The molecule has 1 aliphatic rings. The van der Waals surface area contributed by atoms with Crippen LogP contribution >= 0.6 is 0 Å². The molecule has 11 heavy (non-hydrogen) atoms. The summed E-state index contributed by atoms with van der Waals surface area (Å²) in [5, 5.41) is 4.43. The lowest BCUT2D eigenvalue weighted by Gasteiger charge is -2.20. The Morgan fingerprint density at radius 3 is 2.00 bits per heavy atom. The van der Waals surface area contributed by atoms with Crippen LogP contribution < -0.4 is 22.1 Å². The third-order valence-corrected chi connectivity index (χ3v) is 1.71. The summed E-state index contributed by atoms with van der Waals surface area (Å²) in [5.41, 5.74) is 9.47. The molecule has 0 aliphatic carbocycles. The van der Waals surface area contributed by atoms with Crippen molar-refractivity contribution in [2.75, 3.05) is 13.1 Å². The van der Waals surface area contributed by atoms with Crippen molar-refractivity contribution >= 4 is 11.9 Å². The van der Waals surface area contributed by atoms with Gasteiger partial charge < -0.3 is 16.8 Å². The molecule has 0 aromatic rings. The van der Waals surface area contributed by atoms with E-state index in [1.165, 1.54) is 0 Å². The Morgan fingerprint density at radius 1 is 1.27 bits per heavy atom. The fourth-order valence-corrected chi connectivity index (χ4v) is 0.899. The van der Waals surface area contributed by atoms with E-state index in [9.17, 15) is 9.59 Å². The van der Waals surface area contributed by atoms with E-state index in [1.54, 1.807) is 0 Å². The Kier molecular flexibility index (Phi) is 1.79. The van der Waals surface area contributed by atoms with Crippen LogP contribution in [0.2, 0.25) is 0 Å². The molecule has 0 unspecified atom stereocenters. The van der Waals surface area contributed by atoms with E-state index in [0.717, 1.165) is 0 Å². The standard InChI is InChI=1S/C5H10N4O2/c6-1-5(2-7)3(10)8-4(11)9-5/h1-2,6-7H2,(H2,8,9,10,11). The van der Waals surface area contributed by atoms with Gasteiger partial charge in [-0.3, -0.25) is 10.1 Å². The highest BCUT2D eigenvalue weighted by atomic mass is 16.2. The lowest BCUT2D eigenvalue weighted by molar-refractivity contribution is -0.123. The topological polar surface area (TPSA) is 110 Å². The van der Waals surface area contributed by atoms with E-state index < -0.39 is 17.5 Å². The number of carbonyl (C=O) groups is 2. The molecule has 1 fully saturated rings. The number of hydrogen-bond acceptors (Lipinski definition) is 4. The van der Waals surface area contributed by atoms with Crippen molar-refractivity contribution in [3.8, 4) is 0 Å². The first-order chi connectivity index (χ1) is 5.14. The van der Waals surface area contributed by atoms with Crippen molar-refractivity contribution in [2.45, 2.75) is 5.54 Å². The van der Waals surface area contributed by atoms with Crippen LogP contribution in [0.4, 0.5) is 4.79 Å². The number of nitrogens with one attached hydrogen (secondary N) is 2. The van der Waals surface area contributed by atoms with E-state index in [1.807, 2.05) is 0 Å². The smallest absolute Gasteiger partial charge is 0.322 e. The van der Waals surface area contributed by atoms with Crippen molar-refractivity contribution < 1.29 is 9.59 Å². The predicted octanol–water partition coefficient (Wildman–Crippen LogP) is -2.52. The average molecular weight is 158 g/mol. The van der Waals surface area contributed by atoms with E-state index in [0.29, 0.717) is 0 Å². The van der Waals surface area contributed by atoms with Gasteiger partial charge in [0.1, 0.15) is 5.54 Å². The average Bonchev–Trinajstić information content (AvgIpc) is 2.27. The van der Waals surface area contributed by atoms with Gasteiger partial charge in [-0.05, 0) is 0 Å². The normalized spacial score (nSPS) is 21.3. The molecule has 0 saturated carbocycles. The van der Waals surface area contributed by atoms with Gasteiger partial charge >= 0.3 is 6.03 Å². The molecule has 1 aliphatic heterocycles. The maximum absolute atomic E-state index is 11.0. The van der Waals surface area contributed by atoms with Crippen LogP contribution in [0.5, 0.6) is 0 Å². The Labute approximate surface area is 63.3 Å². The second kappa shape index (κ2) is 2.48. The predicted molar refractivity (Wildman–Crippen MR) is 37.5 cm³/mol. The van der Waals surface area contributed by atoms with Crippen molar-refractivity contribution in [1.82, 2.24) is 10.6 Å². The molecule has 62 valence electrons. The van der Waals surface area contributed by atoms with Gasteiger partial charge in [0, 0.05) is 13.1 Å². The molecular formula is C5H10N4O2. The van der Waals surface area contributed by atoms with Gasteiger partial charge in [-0.15, -0.1) is 0 Å². The molecular weight excluding hydrogens is 148 g/mol. The number of amides is 3. The summed E-state index contributed by atoms with van der Waals surface area (Å²) in [4.78, 5) is 21.6. The summed E-state index contributed by atoms with van der Waals surface area (Å²) in [6, 6.07) is -0.536. The highest BCUT2D eigenvalue weighted by molar-refractivity contribution is 6.07. The van der Waals surface area contributed by atoms with Crippen LogP contribution in [0.1, 0.15) is 0 Å². The molecule has 3 amide bonds. The maximum Gasteiger partial charge on any atom is 0.322 e. The Morgan fingerprint density at radius 2 is 1.82 bits per heavy atom. The minimum absolute atomic E-state index is 0.0150. The highest BCUT2D eigenvalue weighted by Crippen LogP contribution is 2.05. The van der Waals surface area contributed by atoms with Gasteiger partial charge in [0.25, 0.3) is 5.91 Å². The summed E-state index contributed by atoms with van der Waals surface area (Å²) in [6.07, 6.45) is 0. The fourth-order valence-electron chi connectivity index (χ4n) is 0.899. The van der Waals surface area contributed by atoms with Gasteiger partial charge in [-0.1, -0.05) is 0 Å². The SMILES string of the molecule is NCC1(CN)NC(=O)NC1=O. The van der Waals surface area contributed by atoms with Crippen molar-refractivity contribution in [2.24, 2.45) is 11.5 Å². The lowest BCUT2D eigenvalue weighted by atomic mass is 10.0. The second-order valence-corrected chi connectivity index (χ2v) is 2.40. The zero-order valence-electron chi connectivity index (χ0n) is 5.89. The van der Waals surface area contributed by atoms with Crippen LogP contribution in [-0.2, 0) is 4.79 Å². The minimum atomic E-state index is -1.09. The number of urea groups is 1. The van der Waals surface area contributed by atoms with E-state index in [4.69, 9.17) is 11.5 Å². The van der Waals surface area contributed by atoms with Crippen molar-refractivity contribution in [3.05, 3.63) is 0 Å². The molecule has 1 saturated heterocycles. The minimum Gasteiger partial charge on any atom is -0.328 e. The zero-order valence-corrected chi connectivity index (χ0v) is 5.89. The number of carbonyl (C=O) groups excluding carboxylic acids is 2. The summed E-state index contributed by atoms with van der Waals surface area (Å²) in [7, 11) is 0. The van der Waals surface area contributed by atoms with Crippen molar-refractivity contribution in [1.29, 1.82) is 0 Å². The van der Waals surface area contributed by atoms with Crippen molar-refractivity contribution in [3.63, 3.8) is 0 Å². The first-order valence-electron chi connectivity index (χ1n) is 3.18. The largest absolute Gasteiger partial charge is 0.328 e. The molecule has 1 rings (SSSR count). The summed E-state index contributed by atoms with van der Waals surface area (Å²) in [6.45, 7) is 0.0299. The molecule has 0 radical (unpaired) electrons. The molecule has 0 spiro atoms. The van der Waals surface area contributed by atoms with Gasteiger partial charge in [-0.2, -0.15) is 0 Å². The molecule has 0 aromatic carbocycles. The second-order valence-electron chi connectivity index (χ2n) is 2.40. The Balaban J connectivity index is 2.84. The van der Waals surface area contributed by atoms with Crippen LogP contribution in [-0.4, -0.2) is 30.6 Å². The maximum atomic E-state index is 11.0. The quantitative estimate of drug-likeness (QED) is 0.332. The van der Waals surface area contributed by atoms with Gasteiger partial charge in [0.05, 0.1) is 0 Å². The Hall–Kier alpha value is -1.14. The monoisotopic (exact) mass is 158 g/mol. The molecule has 1 heterocycles. The summed E-state index contributed by atoms with van der Waals surface area (Å²) in [5.74, 6) is -0.451. The molecule has 6 N–H and O–H groups in total. The third kappa shape index (κ3) is 1.06. The van der Waals surface area contributed by atoms with E-state index in [-0.39, 0.29) is 13.1 Å². The fraction of sp³-hybridized carbons (Fsp3) is 0.600. The summed E-state index contributed by atoms with van der Waals surface area (Å²) >= 11 is 0. The molecule has 6 nitrogen and oxygen atoms in total. The highest BCUT2D eigenvalue weighted by Gasteiger charge is 2.43. The van der Waals surface area contributed by atoms with Gasteiger partial charge in [0.15, 0.2) is 0 Å². The molecule has 0 atom stereocenters. The van der Waals surface area contributed by atoms with Crippen LogP contribution in [0.25, 0.3) is 0 Å². The lowest BCUT2D eigenvalue weighted by Crippen LogP contribution is -2.58. The van der Waals surface area contributed by atoms with Crippen LogP contribution in [0, 0.1) is 0 Å². The van der Waals surface area contributed by atoms with Crippen LogP contribution in [0.3, 0.4) is 0 Å². The zero-order chi connectivity index (χ0) is 8.48. The first kappa shape index (κ1) is 7.96. The van der Waals surface area contributed by atoms with E-state index in [2.05, 4.69) is 10.6 Å². The van der Waals surface area contributed by atoms with Gasteiger partial charge in [-0.25, -0.2) is 4.79 Å². The molecule has 0 bridgehead atoms. The Bertz CT molecular complexity index is 199. The number of nitrogens with two attached hydrogens (primary N) is 2.